The SMILES string of the molecule is COc1cc(C=O)cc2c1oc1ccccc12. The van der Waals surface area contributed by atoms with E-state index in [4.69, 9.17) is 9.15 Å². The lowest BCUT2D eigenvalue weighted by Crippen LogP contribution is -1.86. The first-order valence-corrected chi connectivity index (χ1v) is 5.28. The molecule has 0 unspecified atom stereocenters. The van der Waals surface area contributed by atoms with Crippen LogP contribution in [-0.4, -0.2) is 13.4 Å². The second kappa shape index (κ2) is 3.63. The maximum Gasteiger partial charge on any atom is 0.177 e. The molecule has 3 nitrogen and oxygen atoms in total. The lowest BCUT2D eigenvalue weighted by atomic mass is 10.1. The van der Waals surface area contributed by atoms with Crippen molar-refractivity contribution in [1.29, 1.82) is 0 Å². The fourth-order valence-corrected chi connectivity index (χ4v) is 2.04. The van der Waals surface area contributed by atoms with Crippen molar-refractivity contribution in [3.8, 4) is 5.75 Å². The monoisotopic (exact) mass is 226 g/mol. The van der Waals surface area contributed by atoms with Crippen LogP contribution in [0.1, 0.15) is 10.4 Å². The molecule has 1 heterocycles. The van der Waals surface area contributed by atoms with E-state index in [1.165, 1.54) is 0 Å². The van der Waals surface area contributed by atoms with Crippen LogP contribution in [0.2, 0.25) is 0 Å². The molecule has 3 heteroatoms. The molecule has 2 aromatic carbocycles. The summed E-state index contributed by atoms with van der Waals surface area (Å²) >= 11 is 0. The summed E-state index contributed by atoms with van der Waals surface area (Å²) in [6.45, 7) is 0. The topological polar surface area (TPSA) is 39.4 Å². The Kier molecular flexibility index (Phi) is 2.11. The number of para-hydroxylation sites is 1. The zero-order valence-electron chi connectivity index (χ0n) is 9.27. The molecular weight excluding hydrogens is 216 g/mol. The maximum absolute atomic E-state index is 10.9. The van der Waals surface area contributed by atoms with Gasteiger partial charge in [0.05, 0.1) is 7.11 Å². The summed E-state index contributed by atoms with van der Waals surface area (Å²) in [6.07, 6.45) is 0.809. The summed E-state index contributed by atoms with van der Waals surface area (Å²) in [7, 11) is 1.57. The van der Waals surface area contributed by atoms with Gasteiger partial charge in [-0.05, 0) is 18.2 Å². The van der Waals surface area contributed by atoms with Crippen LogP contribution in [0.4, 0.5) is 0 Å². The zero-order valence-corrected chi connectivity index (χ0v) is 9.27. The van der Waals surface area contributed by atoms with E-state index in [0.717, 1.165) is 22.6 Å². The largest absolute Gasteiger partial charge is 0.493 e. The molecule has 0 spiro atoms. The number of ether oxygens (including phenoxy) is 1. The molecule has 3 aromatic rings. The minimum absolute atomic E-state index is 0.584. The summed E-state index contributed by atoms with van der Waals surface area (Å²) < 4.78 is 11.0. The molecule has 0 fully saturated rings. The number of furan rings is 1. The third kappa shape index (κ3) is 1.40. The van der Waals surface area contributed by atoms with Gasteiger partial charge in [-0.1, -0.05) is 18.2 Å². The Balaban J connectivity index is 2.51. The van der Waals surface area contributed by atoms with Gasteiger partial charge in [-0.25, -0.2) is 0 Å². The van der Waals surface area contributed by atoms with Crippen LogP contribution < -0.4 is 4.74 Å². The normalized spacial score (nSPS) is 10.9. The first-order chi connectivity index (χ1) is 8.33. The van der Waals surface area contributed by atoms with Crippen molar-refractivity contribution in [3.05, 3.63) is 42.0 Å². The Bertz CT molecular complexity index is 710. The molecule has 0 saturated carbocycles. The van der Waals surface area contributed by atoms with Crippen LogP contribution in [0, 0.1) is 0 Å². The Hall–Kier alpha value is -2.29. The van der Waals surface area contributed by atoms with Gasteiger partial charge in [-0.3, -0.25) is 4.79 Å². The number of hydrogen-bond donors (Lipinski definition) is 0. The summed E-state index contributed by atoms with van der Waals surface area (Å²) in [4.78, 5) is 10.9. The summed E-state index contributed by atoms with van der Waals surface area (Å²) in [6, 6.07) is 11.2. The second-order valence-electron chi connectivity index (χ2n) is 3.82. The van der Waals surface area contributed by atoms with Crippen LogP contribution in [0.25, 0.3) is 21.9 Å². The molecule has 3 rings (SSSR count). The Morgan fingerprint density at radius 1 is 1.18 bits per heavy atom. The minimum atomic E-state index is 0.584. The number of carbonyl (C=O) groups excluding carboxylic acids is 1. The third-order valence-electron chi connectivity index (χ3n) is 2.82. The number of fused-ring (bicyclic) bond motifs is 3. The maximum atomic E-state index is 10.9. The number of aldehydes is 1. The highest BCUT2D eigenvalue weighted by molar-refractivity contribution is 6.08. The zero-order chi connectivity index (χ0) is 11.8. The van der Waals surface area contributed by atoms with E-state index in [2.05, 4.69) is 0 Å². The summed E-state index contributed by atoms with van der Waals surface area (Å²) in [5.74, 6) is 0.584. The molecule has 1 aromatic heterocycles. The van der Waals surface area contributed by atoms with Gasteiger partial charge in [0.1, 0.15) is 11.9 Å². The molecule has 0 atom stereocenters. The lowest BCUT2D eigenvalue weighted by Gasteiger charge is -2.01. The fourth-order valence-electron chi connectivity index (χ4n) is 2.04. The van der Waals surface area contributed by atoms with Crippen molar-refractivity contribution >= 4 is 28.2 Å². The molecule has 84 valence electrons. The smallest absolute Gasteiger partial charge is 0.177 e. The summed E-state index contributed by atoms with van der Waals surface area (Å²) in [5, 5.41) is 1.89. The predicted molar refractivity (Wildman–Crippen MR) is 65.7 cm³/mol. The minimum Gasteiger partial charge on any atom is -0.493 e. The van der Waals surface area contributed by atoms with E-state index in [1.54, 1.807) is 13.2 Å². The average Bonchev–Trinajstić information content (AvgIpc) is 2.76. The summed E-state index contributed by atoms with van der Waals surface area (Å²) in [5.41, 5.74) is 2.06. The van der Waals surface area contributed by atoms with Gasteiger partial charge in [0, 0.05) is 16.3 Å². The average molecular weight is 226 g/mol. The molecule has 0 aliphatic heterocycles. The van der Waals surface area contributed by atoms with E-state index < -0.39 is 0 Å². The standard InChI is InChI=1S/C14H10O3/c1-16-13-7-9(8-15)6-11-10-4-2-3-5-12(10)17-14(11)13/h2-8H,1H3. The van der Waals surface area contributed by atoms with E-state index >= 15 is 0 Å². The Morgan fingerprint density at radius 2 is 2.00 bits per heavy atom. The van der Waals surface area contributed by atoms with Gasteiger partial charge in [-0.2, -0.15) is 0 Å². The lowest BCUT2D eigenvalue weighted by molar-refractivity contribution is 0.112. The highest BCUT2D eigenvalue weighted by Gasteiger charge is 2.12. The van der Waals surface area contributed by atoms with Crippen molar-refractivity contribution in [2.24, 2.45) is 0 Å². The van der Waals surface area contributed by atoms with Crippen LogP contribution in [0.15, 0.2) is 40.8 Å². The third-order valence-corrected chi connectivity index (χ3v) is 2.82. The van der Waals surface area contributed by atoms with Gasteiger partial charge in [0.2, 0.25) is 0 Å². The van der Waals surface area contributed by atoms with Gasteiger partial charge in [0.15, 0.2) is 11.3 Å². The highest BCUT2D eigenvalue weighted by atomic mass is 16.5. The van der Waals surface area contributed by atoms with Gasteiger partial charge in [-0.15, -0.1) is 0 Å². The van der Waals surface area contributed by atoms with Gasteiger partial charge in [0.25, 0.3) is 0 Å². The quantitative estimate of drug-likeness (QED) is 0.628. The number of hydrogen-bond acceptors (Lipinski definition) is 3. The molecule has 0 saturated heterocycles. The second-order valence-corrected chi connectivity index (χ2v) is 3.82. The highest BCUT2D eigenvalue weighted by Crippen LogP contribution is 2.35. The van der Waals surface area contributed by atoms with Crippen LogP contribution in [0.3, 0.4) is 0 Å². The molecule has 0 bridgehead atoms. The molecule has 0 amide bonds. The molecule has 0 radical (unpaired) electrons. The van der Waals surface area contributed by atoms with Gasteiger partial charge >= 0.3 is 0 Å². The molecule has 0 aliphatic rings. The first-order valence-electron chi connectivity index (χ1n) is 5.28. The van der Waals surface area contributed by atoms with E-state index in [1.807, 2.05) is 30.3 Å². The predicted octanol–water partition coefficient (Wildman–Crippen LogP) is 3.41. The van der Waals surface area contributed by atoms with Crippen molar-refractivity contribution in [3.63, 3.8) is 0 Å². The van der Waals surface area contributed by atoms with Gasteiger partial charge < -0.3 is 9.15 Å². The Morgan fingerprint density at radius 3 is 2.76 bits per heavy atom. The number of rotatable bonds is 2. The number of benzene rings is 2. The van der Waals surface area contributed by atoms with Crippen molar-refractivity contribution < 1.29 is 13.9 Å². The van der Waals surface area contributed by atoms with Crippen LogP contribution in [-0.2, 0) is 0 Å². The molecular formula is C14H10O3. The number of carbonyl (C=O) groups is 1. The van der Waals surface area contributed by atoms with Crippen molar-refractivity contribution in [2.45, 2.75) is 0 Å². The Labute approximate surface area is 97.6 Å². The van der Waals surface area contributed by atoms with Crippen molar-refractivity contribution in [1.82, 2.24) is 0 Å². The van der Waals surface area contributed by atoms with E-state index in [9.17, 15) is 4.79 Å². The number of methoxy groups -OCH3 is 1. The first kappa shape index (κ1) is 9.90. The molecule has 0 N–H and O–H groups in total. The van der Waals surface area contributed by atoms with Crippen LogP contribution in [0.5, 0.6) is 5.75 Å². The van der Waals surface area contributed by atoms with E-state index in [0.29, 0.717) is 16.9 Å². The van der Waals surface area contributed by atoms with E-state index in [-0.39, 0.29) is 0 Å². The fraction of sp³-hybridized carbons (Fsp3) is 0.0714. The molecule has 0 aliphatic carbocycles. The van der Waals surface area contributed by atoms with Crippen molar-refractivity contribution in [2.75, 3.05) is 7.11 Å². The molecule has 17 heavy (non-hydrogen) atoms. The van der Waals surface area contributed by atoms with Crippen LogP contribution >= 0.6 is 0 Å².